The third kappa shape index (κ3) is 1.94. The van der Waals surface area contributed by atoms with Crippen LogP contribution in [0, 0.1) is 11.8 Å². The lowest BCUT2D eigenvalue weighted by molar-refractivity contribution is -0.125. The van der Waals surface area contributed by atoms with Crippen LogP contribution in [0.4, 0.5) is 0 Å². The first-order chi connectivity index (χ1) is 9.70. The molecule has 1 aromatic rings. The average molecular weight is 275 g/mol. The second-order valence-electron chi connectivity index (χ2n) is 6.43. The summed E-state index contributed by atoms with van der Waals surface area (Å²) in [6, 6.07) is 1.14. The van der Waals surface area contributed by atoms with Gasteiger partial charge in [-0.25, -0.2) is 5.43 Å². The van der Waals surface area contributed by atoms with E-state index in [4.69, 9.17) is 0 Å². The van der Waals surface area contributed by atoms with Crippen molar-refractivity contribution in [3.63, 3.8) is 0 Å². The number of aromatic nitrogens is 2. The highest BCUT2D eigenvalue weighted by atomic mass is 16.1. The van der Waals surface area contributed by atoms with Crippen molar-refractivity contribution in [2.75, 3.05) is 0 Å². The van der Waals surface area contributed by atoms with Gasteiger partial charge in [-0.2, -0.15) is 5.10 Å². The van der Waals surface area contributed by atoms with Gasteiger partial charge < -0.3 is 5.32 Å². The van der Waals surface area contributed by atoms with E-state index in [2.05, 4.69) is 27.5 Å². The Morgan fingerprint density at radius 1 is 1.30 bits per heavy atom. The van der Waals surface area contributed by atoms with Crippen molar-refractivity contribution in [3.8, 4) is 0 Å². The minimum atomic E-state index is 0.222. The molecule has 0 aromatic carbocycles. The quantitative estimate of drug-likeness (QED) is 0.687. The number of fused-ring (bicyclic) bond motifs is 2. The average Bonchev–Trinajstić information content (AvgIpc) is 3.02. The SMILES string of the molecule is Cn1cc(C2NNC3CC4NC(=O)CCC4CC32)cn1. The van der Waals surface area contributed by atoms with Crippen LogP contribution in [0.5, 0.6) is 0 Å². The van der Waals surface area contributed by atoms with Crippen LogP contribution >= 0.6 is 0 Å². The molecule has 0 spiro atoms. The Bertz CT molecular complexity index is 527. The molecule has 0 radical (unpaired) electrons. The van der Waals surface area contributed by atoms with Crippen LogP contribution in [-0.4, -0.2) is 27.8 Å². The first kappa shape index (κ1) is 12.3. The van der Waals surface area contributed by atoms with Crippen LogP contribution in [0.3, 0.4) is 0 Å². The van der Waals surface area contributed by atoms with Crippen LogP contribution < -0.4 is 16.2 Å². The van der Waals surface area contributed by atoms with E-state index in [1.807, 2.05) is 17.9 Å². The summed E-state index contributed by atoms with van der Waals surface area (Å²) in [5, 5.41) is 7.45. The van der Waals surface area contributed by atoms with Gasteiger partial charge >= 0.3 is 0 Å². The molecule has 3 aliphatic rings. The summed E-state index contributed by atoms with van der Waals surface area (Å²) in [6.07, 6.45) is 7.99. The second kappa shape index (κ2) is 4.56. The van der Waals surface area contributed by atoms with E-state index in [0.717, 1.165) is 12.8 Å². The fraction of sp³-hybridized carbons (Fsp3) is 0.714. The summed E-state index contributed by atoms with van der Waals surface area (Å²) < 4.78 is 1.86. The van der Waals surface area contributed by atoms with Gasteiger partial charge in [0.05, 0.1) is 12.2 Å². The molecule has 5 atom stereocenters. The molecule has 1 saturated carbocycles. The van der Waals surface area contributed by atoms with Gasteiger partial charge in [0.2, 0.25) is 5.91 Å². The molecule has 3 N–H and O–H groups in total. The zero-order chi connectivity index (χ0) is 13.7. The summed E-state index contributed by atoms with van der Waals surface area (Å²) in [6.45, 7) is 0. The Kier molecular flexibility index (Phi) is 2.82. The van der Waals surface area contributed by atoms with Crippen LogP contribution in [0.1, 0.15) is 37.3 Å². The van der Waals surface area contributed by atoms with Crippen molar-refractivity contribution in [3.05, 3.63) is 18.0 Å². The van der Waals surface area contributed by atoms with Gasteiger partial charge in [0.1, 0.15) is 0 Å². The summed E-state index contributed by atoms with van der Waals surface area (Å²) >= 11 is 0. The monoisotopic (exact) mass is 275 g/mol. The standard InChI is InChI=1S/C14H21N5O/c1-19-7-9(6-15-19)14-10-4-8-2-3-13(20)16-11(8)5-12(10)17-18-14/h6-8,10-12,14,17-18H,2-5H2,1H3,(H,16,20). The van der Waals surface area contributed by atoms with Crippen molar-refractivity contribution < 1.29 is 4.79 Å². The van der Waals surface area contributed by atoms with Crippen LogP contribution in [-0.2, 0) is 11.8 Å². The number of hydrogen-bond donors (Lipinski definition) is 3. The number of aryl methyl sites for hydroxylation is 1. The molecule has 2 aliphatic heterocycles. The molecular formula is C14H21N5O. The van der Waals surface area contributed by atoms with Crippen molar-refractivity contribution in [1.82, 2.24) is 25.9 Å². The molecule has 4 rings (SSSR count). The minimum Gasteiger partial charge on any atom is -0.353 e. The molecular weight excluding hydrogens is 254 g/mol. The molecule has 108 valence electrons. The van der Waals surface area contributed by atoms with E-state index in [1.165, 1.54) is 12.0 Å². The van der Waals surface area contributed by atoms with Crippen molar-refractivity contribution in [1.29, 1.82) is 0 Å². The van der Waals surface area contributed by atoms with Gasteiger partial charge in [0.25, 0.3) is 0 Å². The van der Waals surface area contributed by atoms with E-state index < -0.39 is 0 Å². The van der Waals surface area contributed by atoms with E-state index in [-0.39, 0.29) is 5.91 Å². The third-order valence-electron chi connectivity index (χ3n) is 5.19. The molecule has 5 unspecified atom stereocenters. The predicted molar refractivity (Wildman–Crippen MR) is 73.4 cm³/mol. The zero-order valence-electron chi connectivity index (χ0n) is 11.7. The number of piperidine rings is 1. The van der Waals surface area contributed by atoms with Gasteiger partial charge in [-0.15, -0.1) is 0 Å². The number of nitrogens with one attached hydrogen (secondary N) is 3. The molecule has 0 bridgehead atoms. The van der Waals surface area contributed by atoms with E-state index in [9.17, 15) is 4.79 Å². The molecule has 1 aliphatic carbocycles. The lowest BCUT2D eigenvalue weighted by Crippen LogP contribution is -2.52. The topological polar surface area (TPSA) is 71.0 Å². The smallest absolute Gasteiger partial charge is 0.220 e. The summed E-state index contributed by atoms with van der Waals surface area (Å²) in [5.74, 6) is 1.45. The lowest BCUT2D eigenvalue weighted by Gasteiger charge is -2.42. The van der Waals surface area contributed by atoms with E-state index >= 15 is 0 Å². The van der Waals surface area contributed by atoms with Gasteiger partial charge in [0, 0.05) is 37.3 Å². The molecule has 20 heavy (non-hydrogen) atoms. The molecule has 2 saturated heterocycles. The second-order valence-corrected chi connectivity index (χ2v) is 6.43. The van der Waals surface area contributed by atoms with E-state index in [0.29, 0.717) is 36.4 Å². The Morgan fingerprint density at radius 3 is 3.00 bits per heavy atom. The lowest BCUT2D eigenvalue weighted by atomic mass is 9.70. The van der Waals surface area contributed by atoms with Crippen LogP contribution in [0.25, 0.3) is 0 Å². The molecule has 1 amide bonds. The molecule has 3 heterocycles. The highest BCUT2D eigenvalue weighted by molar-refractivity contribution is 5.77. The van der Waals surface area contributed by atoms with Crippen molar-refractivity contribution in [2.45, 2.75) is 43.8 Å². The van der Waals surface area contributed by atoms with Gasteiger partial charge in [-0.3, -0.25) is 14.9 Å². The fourth-order valence-electron chi connectivity index (χ4n) is 4.18. The Morgan fingerprint density at radius 2 is 2.20 bits per heavy atom. The Balaban J connectivity index is 1.54. The van der Waals surface area contributed by atoms with Gasteiger partial charge in [-0.05, 0) is 31.1 Å². The first-order valence-corrected chi connectivity index (χ1v) is 7.49. The largest absolute Gasteiger partial charge is 0.353 e. The Hall–Kier alpha value is -1.40. The molecule has 1 aromatic heterocycles. The van der Waals surface area contributed by atoms with Crippen molar-refractivity contribution >= 4 is 5.91 Å². The third-order valence-corrected chi connectivity index (χ3v) is 5.19. The van der Waals surface area contributed by atoms with E-state index in [1.54, 1.807) is 0 Å². The summed E-state index contributed by atoms with van der Waals surface area (Å²) in [4.78, 5) is 11.5. The zero-order valence-corrected chi connectivity index (χ0v) is 11.7. The highest BCUT2D eigenvalue weighted by Crippen LogP contribution is 2.42. The molecule has 6 nitrogen and oxygen atoms in total. The summed E-state index contributed by atoms with van der Waals surface area (Å²) in [5.41, 5.74) is 8.11. The number of carbonyl (C=O) groups is 1. The number of hydrazine groups is 1. The minimum absolute atomic E-state index is 0.222. The maximum atomic E-state index is 11.5. The molecule has 3 fully saturated rings. The highest BCUT2D eigenvalue weighted by Gasteiger charge is 2.46. The Labute approximate surface area is 118 Å². The number of nitrogens with zero attached hydrogens (tertiary/aromatic N) is 2. The molecule has 6 heteroatoms. The maximum absolute atomic E-state index is 11.5. The fourth-order valence-corrected chi connectivity index (χ4v) is 4.18. The normalized spacial score (nSPS) is 40.0. The van der Waals surface area contributed by atoms with Crippen LogP contribution in [0.2, 0.25) is 0 Å². The number of amides is 1. The summed E-state index contributed by atoms with van der Waals surface area (Å²) in [7, 11) is 1.96. The van der Waals surface area contributed by atoms with Gasteiger partial charge in [0.15, 0.2) is 0 Å². The number of rotatable bonds is 1. The maximum Gasteiger partial charge on any atom is 0.220 e. The first-order valence-electron chi connectivity index (χ1n) is 7.49. The number of hydrogen-bond acceptors (Lipinski definition) is 4. The van der Waals surface area contributed by atoms with Gasteiger partial charge in [-0.1, -0.05) is 0 Å². The number of carbonyl (C=O) groups excluding carboxylic acids is 1. The predicted octanol–water partition coefficient (Wildman–Crippen LogP) is 0.242. The van der Waals surface area contributed by atoms with Crippen LogP contribution in [0.15, 0.2) is 12.4 Å². The van der Waals surface area contributed by atoms with Crippen molar-refractivity contribution in [2.24, 2.45) is 18.9 Å².